The van der Waals surface area contributed by atoms with Gasteiger partial charge in [0, 0.05) is 13.0 Å². The lowest BCUT2D eigenvalue weighted by molar-refractivity contribution is -0.138. The Balaban J connectivity index is 2.76. The fraction of sp³-hybridized carbons (Fsp3) is 0.700. The van der Waals surface area contributed by atoms with Crippen molar-refractivity contribution < 1.29 is 39.0 Å². The Morgan fingerprint density at radius 1 is 1.00 bits per heavy atom. The number of aliphatic hydroxyl groups is 1. The number of carbonyl (C=O) groups is 6. The SMILES string of the molecule is CC(C)C[C@H](NC(=O)[C@H](CCC(N)=O)NC(=O)CNC(=O)[C@@H]1C[C@@H](O)CN1)C(=O)NCC(=O)O. The lowest BCUT2D eigenvalue weighted by atomic mass is 10.0. The second kappa shape index (κ2) is 14.1. The summed E-state index contributed by atoms with van der Waals surface area (Å²) in [6.07, 6.45) is -0.628. The average Bonchev–Trinajstić information content (AvgIpc) is 3.18. The number of carboxylic acid groups (broad SMARTS) is 1. The first kappa shape index (κ1) is 28.8. The Hall–Kier alpha value is -3.26. The van der Waals surface area contributed by atoms with Crippen LogP contribution in [0.3, 0.4) is 0 Å². The van der Waals surface area contributed by atoms with E-state index in [0.717, 1.165) is 0 Å². The molecule has 0 spiro atoms. The minimum Gasteiger partial charge on any atom is -0.480 e. The van der Waals surface area contributed by atoms with Gasteiger partial charge in [-0.25, -0.2) is 0 Å². The number of nitrogens with one attached hydrogen (secondary N) is 5. The zero-order chi connectivity index (χ0) is 25.8. The Morgan fingerprint density at radius 3 is 2.21 bits per heavy atom. The van der Waals surface area contributed by atoms with Crippen molar-refractivity contribution in [1.82, 2.24) is 26.6 Å². The Bertz CT molecular complexity index is 774. The molecule has 1 aliphatic heterocycles. The van der Waals surface area contributed by atoms with Gasteiger partial charge >= 0.3 is 5.97 Å². The molecule has 0 aromatic heterocycles. The molecule has 1 fully saturated rings. The highest BCUT2D eigenvalue weighted by Crippen LogP contribution is 2.07. The van der Waals surface area contributed by atoms with Crippen molar-refractivity contribution in [1.29, 1.82) is 0 Å². The number of nitrogens with two attached hydrogens (primary N) is 1. The summed E-state index contributed by atoms with van der Waals surface area (Å²) in [7, 11) is 0. The number of hydrogen-bond donors (Lipinski definition) is 8. The average molecular weight is 487 g/mol. The summed E-state index contributed by atoms with van der Waals surface area (Å²) in [6, 6.07) is -2.94. The molecule has 4 atom stereocenters. The summed E-state index contributed by atoms with van der Waals surface area (Å²) in [6.45, 7) is 2.78. The van der Waals surface area contributed by atoms with Crippen LogP contribution in [0.1, 0.15) is 39.5 Å². The molecule has 1 heterocycles. The smallest absolute Gasteiger partial charge is 0.322 e. The minimum atomic E-state index is -1.25. The first-order chi connectivity index (χ1) is 15.9. The molecule has 0 radical (unpaired) electrons. The number of carboxylic acids is 1. The van der Waals surface area contributed by atoms with Crippen molar-refractivity contribution in [2.24, 2.45) is 11.7 Å². The summed E-state index contributed by atoms with van der Waals surface area (Å²) in [5.41, 5.74) is 5.15. The number of aliphatic carboxylic acids is 1. The van der Waals surface area contributed by atoms with Gasteiger partial charge in [-0.15, -0.1) is 0 Å². The van der Waals surface area contributed by atoms with E-state index >= 15 is 0 Å². The van der Waals surface area contributed by atoms with E-state index in [9.17, 15) is 33.9 Å². The molecule has 0 bridgehead atoms. The van der Waals surface area contributed by atoms with E-state index in [1.165, 1.54) is 0 Å². The maximum Gasteiger partial charge on any atom is 0.322 e. The van der Waals surface area contributed by atoms with Crippen LogP contribution in [-0.4, -0.2) is 89.6 Å². The predicted octanol–water partition coefficient (Wildman–Crippen LogP) is -3.69. The van der Waals surface area contributed by atoms with Crippen molar-refractivity contribution in [2.75, 3.05) is 19.6 Å². The monoisotopic (exact) mass is 486 g/mol. The topological polar surface area (TPSA) is 229 Å². The third-order valence-electron chi connectivity index (χ3n) is 4.93. The van der Waals surface area contributed by atoms with Crippen LogP contribution in [0.2, 0.25) is 0 Å². The summed E-state index contributed by atoms with van der Waals surface area (Å²) < 4.78 is 0. The van der Waals surface area contributed by atoms with Crippen LogP contribution in [0.15, 0.2) is 0 Å². The molecule has 0 unspecified atom stereocenters. The number of β-amino-alcohol motifs (C(OH)–C–C–N with tert-alkyl or cyclic N) is 1. The first-order valence-electron chi connectivity index (χ1n) is 11.0. The minimum absolute atomic E-state index is 0.0301. The van der Waals surface area contributed by atoms with E-state index in [0.29, 0.717) is 0 Å². The van der Waals surface area contributed by atoms with Crippen LogP contribution in [-0.2, 0) is 28.8 Å². The van der Waals surface area contributed by atoms with Crippen LogP contribution in [0, 0.1) is 5.92 Å². The van der Waals surface area contributed by atoms with Crippen LogP contribution in [0.5, 0.6) is 0 Å². The van der Waals surface area contributed by atoms with Crippen molar-refractivity contribution >= 4 is 35.5 Å². The van der Waals surface area contributed by atoms with E-state index in [1.54, 1.807) is 13.8 Å². The van der Waals surface area contributed by atoms with Gasteiger partial charge in [0.25, 0.3) is 0 Å². The van der Waals surface area contributed by atoms with Gasteiger partial charge in [-0.1, -0.05) is 13.8 Å². The Labute approximate surface area is 196 Å². The van der Waals surface area contributed by atoms with Crippen molar-refractivity contribution in [2.45, 2.75) is 63.8 Å². The number of aliphatic hydroxyl groups excluding tert-OH is 1. The van der Waals surface area contributed by atoms with Crippen LogP contribution < -0.4 is 32.3 Å². The molecular formula is C20H34N6O8. The maximum atomic E-state index is 12.8. The fourth-order valence-corrected chi connectivity index (χ4v) is 3.27. The highest BCUT2D eigenvalue weighted by Gasteiger charge is 2.30. The van der Waals surface area contributed by atoms with E-state index in [1.807, 2.05) is 0 Å². The Morgan fingerprint density at radius 2 is 1.68 bits per heavy atom. The van der Waals surface area contributed by atoms with Gasteiger partial charge in [0.2, 0.25) is 29.5 Å². The van der Waals surface area contributed by atoms with E-state index in [2.05, 4.69) is 26.6 Å². The van der Waals surface area contributed by atoms with Gasteiger partial charge in [-0.3, -0.25) is 28.8 Å². The standard InChI is InChI=1S/C20H34N6O8/c1-10(2)5-14(19(33)24-9-17(30)31)26-20(34)12(3-4-15(21)28)25-16(29)8-23-18(32)13-6-11(27)7-22-13/h10-14,22,27H,3-9H2,1-2H3,(H2,21,28)(H,23,32)(H,24,33)(H,25,29)(H,26,34)(H,30,31)/t11-,12+,13+,14+/m1/s1. The predicted molar refractivity (Wildman–Crippen MR) is 118 cm³/mol. The highest BCUT2D eigenvalue weighted by molar-refractivity contribution is 5.94. The molecule has 5 amide bonds. The molecule has 1 saturated heterocycles. The number of rotatable bonds is 14. The summed E-state index contributed by atoms with van der Waals surface area (Å²) in [5.74, 6) is -4.66. The zero-order valence-corrected chi connectivity index (χ0v) is 19.3. The molecule has 1 rings (SSSR count). The summed E-state index contributed by atoms with van der Waals surface area (Å²) >= 11 is 0. The maximum absolute atomic E-state index is 12.8. The molecule has 0 aliphatic carbocycles. The van der Waals surface area contributed by atoms with Gasteiger partial charge in [-0.2, -0.15) is 0 Å². The second-order valence-corrected chi connectivity index (χ2v) is 8.50. The molecular weight excluding hydrogens is 452 g/mol. The van der Waals surface area contributed by atoms with Crippen molar-refractivity contribution in [3.63, 3.8) is 0 Å². The molecule has 34 heavy (non-hydrogen) atoms. The lowest BCUT2D eigenvalue weighted by Gasteiger charge is -2.24. The van der Waals surface area contributed by atoms with Gasteiger partial charge < -0.3 is 42.5 Å². The van der Waals surface area contributed by atoms with E-state index < -0.39 is 72.8 Å². The van der Waals surface area contributed by atoms with E-state index in [-0.39, 0.29) is 38.1 Å². The van der Waals surface area contributed by atoms with Crippen LogP contribution in [0.4, 0.5) is 0 Å². The van der Waals surface area contributed by atoms with Crippen LogP contribution >= 0.6 is 0 Å². The van der Waals surface area contributed by atoms with E-state index in [4.69, 9.17) is 10.8 Å². The molecule has 9 N–H and O–H groups in total. The molecule has 192 valence electrons. The van der Waals surface area contributed by atoms with Gasteiger partial charge in [-0.05, 0) is 25.2 Å². The fourth-order valence-electron chi connectivity index (χ4n) is 3.27. The quantitative estimate of drug-likeness (QED) is 0.121. The van der Waals surface area contributed by atoms with Gasteiger partial charge in [0.05, 0.1) is 18.7 Å². The Kier molecular flexibility index (Phi) is 11.9. The van der Waals surface area contributed by atoms with Crippen molar-refractivity contribution in [3.05, 3.63) is 0 Å². The molecule has 1 aliphatic rings. The second-order valence-electron chi connectivity index (χ2n) is 8.50. The third kappa shape index (κ3) is 11.0. The third-order valence-corrected chi connectivity index (χ3v) is 4.93. The zero-order valence-electron chi connectivity index (χ0n) is 19.3. The number of primary amides is 1. The van der Waals surface area contributed by atoms with Crippen molar-refractivity contribution in [3.8, 4) is 0 Å². The number of amides is 5. The summed E-state index contributed by atoms with van der Waals surface area (Å²) in [4.78, 5) is 71.5. The largest absolute Gasteiger partial charge is 0.480 e. The van der Waals surface area contributed by atoms with Crippen LogP contribution in [0.25, 0.3) is 0 Å². The molecule has 0 aromatic rings. The highest BCUT2D eigenvalue weighted by atomic mass is 16.4. The lowest BCUT2D eigenvalue weighted by Crippen LogP contribution is -2.55. The molecule has 14 heteroatoms. The number of carbonyl (C=O) groups excluding carboxylic acids is 5. The summed E-state index contributed by atoms with van der Waals surface area (Å²) in [5, 5.41) is 30.5. The number of hydrogen-bond acceptors (Lipinski definition) is 8. The molecule has 0 saturated carbocycles. The first-order valence-corrected chi connectivity index (χ1v) is 11.0. The molecule has 0 aromatic carbocycles. The van der Waals surface area contributed by atoms with Gasteiger partial charge in [0.1, 0.15) is 18.6 Å². The normalized spacial score (nSPS) is 19.1. The molecule has 14 nitrogen and oxygen atoms in total. The van der Waals surface area contributed by atoms with Gasteiger partial charge in [0.15, 0.2) is 0 Å².